The second kappa shape index (κ2) is 6.66. The molecule has 0 aliphatic carbocycles. The third-order valence-electron chi connectivity index (χ3n) is 4.06. The number of piperazine rings is 1. The van der Waals surface area contributed by atoms with Crippen molar-refractivity contribution in [3.63, 3.8) is 0 Å². The number of hydrogen-bond acceptors (Lipinski definition) is 5. The van der Waals surface area contributed by atoms with Gasteiger partial charge in [-0.2, -0.15) is 0 Å². The molecule has 3 N–H and O–H groups in total. The predicted molar refractivity (Wildman–Crippen MR) is 88.4 cm³/mol. The van der Waals surface area contributed by atoms with Crippen molar-refractivity contribution in [1.82, 2.24) is 9.88 Å². The van der Waals surface area contributed by atoms with Gasteiger partial charge in [-0.3, -0.25) is 9.78 Å². The Kier molecular flexibility index (Phi) is 4.43. The first-order chi connectivity index (χ1) is 11.2. The van der Waals surface area contributed by atoms with E-state index in [1.54, 1.807) is 30.5 Å². The molecule has 0 unspecified atom stereocenters. The second-order valence-corrected chi connectivity index (χ2v) is 5.51. The standard InChI is InChI=1S/C17H20N4O2/c18-12-14-11-13(5-6-19-14)17(23)21-9-7-20(8-10-21)15-3-1-2-4-16(15)22/h1-6,11,22H,7-10,12,18H2. The van der Waals surface area contributed by atoms with E-state index in [2.05, 4.69) is 9.88 Å². The summed E-state index contributed by atoms with van der Waals surface area (Å²) in [5.41, 5.74) is 7.72. The molecule has 1 aromatic carbocycles. The topological polar surface area (TPSA) is 82.7 Å². The van der Waals surface area contributed by atoms with Crippen LogP contribution >= 0.6 is 0 Å². The van der Waals surface area contributed by atoms with Crippen LogP contribution in [0.5, 0.6) is 5.75 Å². The Balaban J connectivity index is 1.66. The third kappa shape index (κ3) is 3.27. The normalized spacial score (nSPS) is 14.8. The summed E-state index contributed by atoms with van der Waals surface area (Å²) in [6.45, 7) is 2.94. The van der Waals surface area contributed by atoms with Crippen LogP contribution in [0.2, 0.25) is 0 Å². The molecule has 6 heteroatoms. The first-order valence-corrected chi connectivity index (χ1v) is 7.66. The molecule has 120 valence electrons. The average Bonchev–Trinajstić information content (AvgIpc) is 2.62. The van der Waals surface area contributed by atoms with E-state index in [1.165, 1.54) is 0 Å². The summed E-state index contributed by atoms with van der Waals surface area (Å²) < 4.78 is 0. The number of carbonyl (C=O) groups excluding carboxylic acids is 1. The van der Waals surface area contributed by atoms with Gasteiger partial charge in [0.1, 0.15) is 5.75 Å². The highest BCUT2D eigenvalue weighted by Gasteiger charge is 2.23. The van der Waals surface area contributed by atoms with Crippen LogP contribution in [0.4, 0.5) is 5.69 Å². The van der Waals surface area contributed by atoms with Gasteiger partial charge in [-0.15, -0.1) is 0 Å². The van der Waals surface area contributed by atoms with Crippen molar-refractivity contribution in [2.75, 3.05) is 31.1 Å². The molecule has 2 aromatic rings. The minimum atomic E-state index is -0.000895. The number of nitrogens with two attached hydrogens (primary N) is 1. The van der Waals surface area contributed by atoms with Crippen LogP contribution in [0.25, 0.3) is 0 Å². The van der Waals surface area contributed by atoms with Crippen molar-refractivity contribution in [2.45, 2.75) is 6.54 Å². The lowest BCUT2D eigenvalue weighted by Gasteiger charge is -2.36. The predicted octanol–water partition coefficient (Wildman–Crippen LogP) is 1.21. The van der Waals surface area contributed by atoms with Crippen LogP contribution in [0.15, 0.2) is 42.6 Å². The van der Waals surface area contributed by atoms with E-state index in [1.807, 2.05) is 17.0 Å². The lowest BCUT2D eigenvalue weighted by atomic mass is 10.1. The Morgan fingerprint density at radius 1 is 1.17 bits per heavy atom. The maximum Gasteiger partial charge on any atom is 0.254 e. The molecule has 0 saturated carbocycles. The molecular weight excluding hydrogens is 292 g/mol. The first-order valence-electron chi connectivity index (χ1n) is 7.66. The SMILES string of the molecule is NCc1cc(C(=O)N2CCN(c3ccccc3O)CC2)ccn1. The number of para-hydroxylation sites is 2. The van der Waals surface area contributed by atoms with Gasteiger partial charge in [-0.1, -0.05) is 12.1 Å². The smallest absolute Gasteiger partial charge is 0.254 e. The van der Waals surface area contributed by atoms with E-state index < -0.39 is 0 Å². The van der Waals surface area contributed by atoms with Crippen molar-refractivity contribution >= 4 is 11.6 Å². The minimum absolute atomic E-state index is 0.000895. The summed E-state index contributed by atoms with van der Waals surface area (Å²) in [7, 11) is 0. The van der Waals surface area contributed by atoms with Gasteiger partial charge >= 0.3 is 0 Å². The summed E-state index contributed by atoms with van der Waals surface area (Å²) in [5.74, 6) is 0.271. The maximum absolute atomic E-state index is 12.6. The average molecular weight is 312 g/mol. The number of carbonyl (C=O) groups is 1. The summed E-state index contributed by atoms with van der Waals surface area (Å²) in [6.07, 6.45) is 1.62. The highest BCUT2D eigenvalue weighted by molar-refractivity contribution is 5.94. The summed E-state index contributed by atoms with van der Waals surface area (Å²) >= 11 is 0. The van der Waals surface area contributed by atoms with Gasteiger partial charge in [0.25, 0.3) is 5.91 Å². The number of phenols is 1. The van der Waals surface area contributed by atoms with E-state index in [4.69, 9.17) is 5.73 Å². The van der Waals surface area contributed by atoms with Crippen LogP contribution in [0, 0.1) is 0 Å². The molecule has 1 amide bonds. The molecule has 2 heterocycles. The van der Waals surface area contributed by atoms with E-state index in [9.17, 15) is 9.90 Å². The monoisotopic (exact) mass is 312 g/mol. The Hall–Kier alpha value is -2.60. The second-order valence-electron chi connectivity index (χ2n) is 5.51. The number of rotatable bonds is 3. The molecule has 1 saturated heterocycles. The van der Waals surface area contributed by atoms with E-state index in [0.717, 1.165) is 5.69 Å². The highest BCUT2D eigenvalue weighted by atomic mass is 16.3. The van der Waals surface area contributed by atoms with Crippen molar-refractivity contribution in [3.05, 3.63) is 53.9 Å². The molecule has 23 heavy (non-hydrogen) atoms. The fourth-order valence-corrected chi connectivity index (χ4v) is 2.79. The largest absolute Gasteiger partial charge is 0.506 e. The molecule has 1 aliphatic rings. The summed E-state index contributed by atoms with van der Waals surface area (Å²) in [5, 5.41) is 9.93. The molecule has 0 spiro atoms. The van der Waals surface area contributed by atoms with E-state index in [0.29, 0.717) is 44.0 Å². The van der Waals surface area contributed by atoms with Gasteiger partial charge < -0.3 is 20.6 Å². The van der Waals surface area contributed by atoms with Crippen LogP contribution in [0.1, 0.15) is 16.1 Å². The highest BCUT2D eigenvalue weighted by Crippen LogP contribution is 2.27. The zero-order valence-electron chi connectivity index (χ0n) is 12.9. The summed E-state index contributed by atoms with van der Waals surface area (Å²) in [6, 6.07) is 10.7. The lowest BCUT2D eigenvalue weighted by molar-refractivity contribution is 0.0746. The Bertz CT molecular complexity index is 696. The van der Waals surface area contributed by atoms with Crippen LogP contribution < -0.4 is 10.6 Å². The lowest BCUT2D eigenvalue weighted by Crippen LogP contribution is -2.48. The fourth-order valence-electron chi connectivity index (χ4n) is 2.79. The Labute approximate surface area is 135 Å². The van der Waals surface area contributed by atoms with Gasteiger partial charge in [-0.05, 0) is 24.3 Å². The number of benzene rings is 1. The van der Waals surface area contributed by atoms with E-state index >= 15 is 0 Å². The van der Waals surface area contributed by atoms with Crippen molar-refractivity contribution in [1.29, 1.82) is 0 Å². The van der Waals surface area contributed by atoms with Crippen molar-refractivity contribution in [2.24, 2.45) is 5.73 Å². The number of aromatic nitrogens is 1. The first kappa shape index (κ1) is 15.3. The molecule has 1 aliphatic heterocycles. The Morgan fingerprint density at radius 2 is 1.91 bits per heavy atom. The molecule has 0 bridgehead atoms. The van der Waals surface area contributed by atoms with Crippen molar-refractivity contribution < 1.29 is 9.90 Å². The maximum atomic E-state index is 12.6. The number of hydrogen-bond donors (Lipinski definition) is 2. The number of anilines is 1. The van der Waals surface area contributed by atoms with E-state index in [-0.39, 0.29) is 11.7 Å². The number of aromatic hydroxyl groups is 1. The molecular formula is C17H20N4O2. The number of pyridine rings is 1. The quantitative estimate of drug-likeness (QED) is 0.890. The van der Waals surface area contributed by atoms with Crippen LogP contribution in [0.3, 0.4) is 0 Å². The Morgan fingerprint density at radius 3 is 2.61 bits per heavy atom. The van der Waals surface area contributed by atoms with Crippen LogP contribution in [-0.4, -0.2) is 47.1 Å². The van der Waals surface area contributed by atoms with Gasteiger partial charge in [0.15, 0.2) is 0 Å². The van der Waals surface area contributed by atoms with Gasteiger partial charge in [0.2, 0.25) is 0 Å². The molecule has 1 aromatic heterocycles. The van der Waals surface area contributed by atoms with Gasteiger partial charge in [0, 0.05) is 44.5 Å². The number of nitrogens with zero attached hydrogens (tertiary/aromatic N) is 3. The third-order valence-corrected chi connectivity index (χ3v) is 4.06. The minimum Gasteiger partial charge on any atom is -0.506 e. The number of amides is 1. The molecule has 3 rings (SSSR count). The van der Waals surface area contributed by atoms with Gasteiger partial charge in [0.05, 0.1) is 11.4 Å². The molecule has 0 atom stereocenters. The molecule has 1 fully saturated rings. The summed E-state index contributed by atoms with van der Waals surface area (Å²) in [4.78, 5) is 20.6. The molecule has 0 radical (unpaired) electrons. The van der Waals surface area contributed by atoms with Crippen LogP contribution in [-0.2, 0) is 6.54 Å². The number of phenolic OH excluding ortho intramolecular Hbond substituents is 1. The molecule has 6 nitrogen and oxygen atoms in total. The fraction of sp³-hybridized carbons (Fsp3) is 0.294. The van der Waals surface area contributed by atoms with Crippen molar-refractivity contribution in [3.8, 4) is 5.75 Å². The van der Waals surface area contributed by atoms with Gasteiger partial charge in [-0.25, -0.2) is 0 Å². The zero-order chi connectivity index (χ0) is 16.2. The zero-order valence-corrected chi connectivity index (χ0v) is 12.9.